The van der Waals surface area contributed by atoms with Gasteiger partial charge in [-0.25, -0.2) is 0 Å². The number of nitrogens with two attached hydrogens (primary N) is 1. The molecule has 0 aliphatic rings. The Kier molecular flexibility index (Phi) is 7.19. The van der Waals surface area contributed by atoms with Crippen LogP contribution >= 0.6 is 0 Å². The van der Waals surface area contributed by atoms with Crippen molar-refractivity contribution in [1.29, 1.82) is 0 Å². The van der Waals surface area contributed by atoms with Crippen molar-refractivity contribution in [2.75, 3.05) is 6.54 Å². The second-order valence-electron chi connectivity index (χ2n) is 5.40. The fourth-order valence-corrected chi connectivity index (χ4v) is 2.47. The van der Waals surface area contributed by atoms with Crippen molar-refractivity contribution in [3.63, 3.8) is 0 Å². The van der Waals surface area contributed by atoms with Crippen molar-refractivity contribution in [2.24, 2.45) is 16.8 Å². The average Bonchev–Trinajstić information content (AvgIpc) is 2.49. The third kappa shape index (κ3) is 5.02. The van der Waals surface area contributed by atoms with Crippen LogP contribution in [0.5, 0.6) is 0 Å². The molecule has 1 aromatic rings. The van der Waals surface area contributed by atoms with Gasteiger partial charge in [0.15, 0.2) is 5.84 Å². The van der Waals surface area contributed by atoms with E-state index in [1.807, 2.05) is 25.1 Å². The van der Waals surface area contributed by atoms with E-state index in [9.17, 15) is 5.11 Å². The molecule has 0 aliphatic heterocycles. The standard InChI is InChI=1S/C16H27N3O2/c1-4-12(5-2)15(20)10-18-9-14-7-6-13(8-11(14)3)16(17)19-21/h6-8,12,15,18,20-21H,4-5,9-10H2,1-3H3,(H2,17,19). The number of aliphatic hydroxyl groups excluding tert-OH is 1. The normalized spacial score (nSPS) is 13.7. The van der Waals surface area contributed by atoms with E-state index in [0.717, 1.165) is 24.0 Å². The highest BCUT2D eigenvalue weighted by molar-refractivity contribution is 5.97. The van der Waals surface area contributed by atoms with Crippen LogP contribution in [0.3, 0.4) is 0 Å². The third-order valence-corrected chi connectivity index (χ3v) is 4.01. The van der Waals surface area contributed by atoms with Crippen LogP contribution in [-0.2, 0) is 6.54 Å². The van der Waals surface area contributed by atoms with Gasteiger partial charge in [-0.3, -0.25) is 0 Å². The third-order valence-electron chi connectivity index (χ3n) is 4.01. The lowest BCUT2D eigenvalue weighted by Crippen LogP contribution is -2.32. The Hall–Kier alpha value is -1.59. The topological polar surface area (TPSA) is 90.9 Å². The maximum absolute atomic E-state index is 10.1. The minimum absolute atomic E-state index is 0.113. The number of oxime groups is 1. The molecule has 1 unspecified atom stereocenters. The molecule has 0 saturated heterocycles. The molecule has 0 saturated carbocycles. The van der Waals surface area contributed by atoms with Gasteiger partial charge in [0.05, 0.1) is 6.10 Å². The number of hydrogen-bond acceptors (Lipinski definition) is 4. The Morgan fingerprint density at radius 3 is 2.52 bits per heavy atom. The van der Waals surface area contributed by atoms with Gasteiger partial charge in [-0.2, -0.15) is 0 Å². The van der Waals surface area contributed by atoms with E-state index in [-0.39, 0.29) is 11.9 Å². The summed E-state index contributed by atoms with van der Waals surface area (Å²) in [5.74, 6) is 0.461. The highest BCUT2D eigenvalue weighted by atomic mass is 16.4. The first kappa shape index (κ1) is 17.5. The molecule has 5 heteroatoms. The van der Waals surface area contributed by atoms with Crippen LogP contribution < -0.4 is 11.1 Å². The zero-order valence-electron chi connectivity index (χ0n) is 13.1. The maximum atomic E-state index is 10.1. The number of aryl methyl sites for hydroxylation is 1. The van der Waals surface area contributed by atoms with Gasteiger partial charge < -0.3 is 21.4 Å². The summed E-state index contributed by atoms with van der Waals surface area (Å²) in [5.41, 5.74) is 8.49. The second kappa shape index (κ2) is 8.64. The van der Waals surface area contributed by atoms with E-state index in [4.69, 9.17) is 10.9 Å². The monoisotopic (exact) mass is 293 g/mol. The maximum Gasteiger partial charge on any atom is 0.170 e. The molecular formula is C16H27N3O2. The molecule has 0 amide bonds. The van der Waals surface area contributed by atoms with Crippen molar-refractivity contribution >= 4 is 5.84 Å². The lowest BCUT2D eigenvalue weighted by molar-refractivity contribution is 0.101. The van der Waals surface area contributed by atoms with Crippen LogP contribution in [0.15, 0.2) is 23.4 Å². The molecular weight excluding hydrogens is 266 g/mol. The van der Waals surface area contributed by atoms with Gasteiger partial charge in [0, 0.05) is 18.7 Å². The SMILES string of the molecule is CCC(CC)C(O)CNCc1ccc(/C(N)=N/O)cc1C. The molecule has 1 atom stereocenters. The Morgan fingerprint density at radius 2 is 2.00 bits per heavy atom. The number of nitrogens with zero attached hydrogens (tertiary/aromatic N) is 1. The smallest absolute Gasteiger partial charge is 0.170 e. The molecule has 1 aromatic carbocycles. The Balaban J connectivity index is 2.57. The minimum atomic E-state index is -0.309. The van der Waals surface area contributed by atoms with Crippen LogP contribution in [0.2, 0.25) is 0 Å². The summed E-state index contributed by atoms with van der Waals surface area (Å²) in [6, 6.07) is 5.68. The van der Waals surface area contributed by atoms with Crippen molar-refractivity contribution < 1.29 is 10.3 Å². The summed E-state index contributed by atoms with van der Waals surface area (Å²) in [6.45, 7) is 7.48. The van der Waals surface area contributed by atoms with Crippen LogP contribution in [0.25, 0.3) is 0 Å². The number of amidine groups is 1. The zero-order chi connectivity index (χ0) is 15.8. The lowest BCUT2D eigenvalue weighted by Gasteiger charge is -2.20. The first-order valence-corrected chi connectivity index (χ1v) is 7.49. The van der Waals surface area contributed by atoms with Crippen LogP contribution in [0.1, 0.15) is 43.4 Å². The van der Waals surface area contributed by atoms with E-state index < -0.39 is 0 Å². The molecule has 5 N–H and O–H groups in total. The van der Waals surface area contributed by atoms with E-state index in [1.165, 1.54) is 0 Å². The highest BCUT2D eigenvalue weighted by Crippen LogP contribution is 2.14. The first-order valence-electron chi connectivity index (χ1n) is 7.49. The summed E-state index contributed by atoms with van der Waals surface area (Å²) >= 11 is 0. The molecule has 0 aromatic heterocycles. The van der Waals surface area contributed by atoms with E-state index in [0.29, 0.717) is 24.6 Å². The molecule has 1 rings (SSSR count). The number of benzene rings is 1. The fraction of sp³-hybridized carbons (Fsp3) is 0.562. The summed E-state index contributed by atoms with van der Waals surface area (Å²) in [4.78, 5) is 0. The average molecular weight is 293 g/mol. The molecule has 21 heavy (non-hydrogen) atoms. The van der Waals surface area contributed by atoms with Gasteiger partial charge in [-0.1, -0.05) is 44.0 Å². The van der Waals surface area contributed by atoms with Crippen LogP contribution in [0, 0.1) is 12.8 Å². The van der Waals surface area contributed by atoms with Crippen molar-refractivity contribution in [3.8, 4) is 0 Å². The van der Waals surface area contributed by atoms with Crippen molar-refractivity contribution in [3.05, 3.63) is 34.9 Å². The number of nitrogens with one attached hydrogen (secondary N) is 1. The van der Waals surface area contributed by atoms with E-state index in [2.05, 4.69) is 24.3 Å². The second-order valence-corrected chi connectivity index (χ2v) is 5.40. The molecule has 5 nitrogen and oxygen atoms in total. The highest BCUT2D eigenvalue weighted by Gasteiger charge is 2.14. The molecule has 0 fully saturated rings. The fourth-order valence-electron chi connectivity index (χ4n) is 2.47. The van der Waals surface area contributed by atoms with Crippen LogP contribution in [-0.4, -0.2) is 28.8 Å². The molecule has 0 bridgehead atoms. The minimum Gasteiger partial charge on any atom is -0.409 e. The summed E-state index contributed by atoms with van der Waals surface area (Å²) < 4.78 is 0. The van der Waals surface area contributed by atoms with Gasteiger partial charge in [0.25, 0.3) is 0 Å². The predicted octanol–water partition coefficient (Wildman–Crippen LogP) is 1.98. The number of hydrogen-bond donors (Lipinski definition) is 4. The predicted molar refractivity (Wildman–Crippen MR) is 85.5 cm³/mol. The molecule has 0 spiro atoms. The quantitative estimate of drug-likeness (QED) is 0.255. The van der Waals surface area contributed by atoms with Gasteiger partial charge >= 0.3 is 0 Å². The van der Waals surface area contributed by atoms with Gasteiger partial charge in [-0.15, -0.1) is 0 Å². The largest absolute Gasteiger partial charge is 0.409 e. The molecule has 118 valence electrons. The van der Waals surface area contributed by atoms with E-state index in [1.54, 1.807) is 0 Å². The molecule has 0 radical (unpaired) electrons. The Morgan fingerprint density at radius 1 is 1.33 bits per heavy atom. The van der Waals surface area contributed by atoms with Gasteiger partial charge in [-0.05, 0) is 30.0 Å². The van der Waals surface area contributed by atoms with Gasteiger partial charge in [0.2, 0.25) is 0 Å². The summed E-state index contributed by atoms with van der Waals surface area (Å²) in [7, 11) is 0. The number of rotatable bonds is 8. The van der Waals surface area contributed by atoms with E-state index >= 15 is 0 Å². The van der Waals surface area contributed by atoms with Crippen LogP contribution in [0.4, 0.5) is 0 Å². The summed E-state index contributed by atoms with van der Waals surface area (Å²) in [5, 5.41) is 25.0. The Labute approximate surface area is 126 Å². The van der Waals surface area contributed by atoms with Crippen molar-refractivity contribution in [1.82, 2.24) is 5.32 Å². The summed E-state index contributed by atoms with van der Waals surface area (Å²) in [6.07, 6.45) is 1.68. The molecule has 0 heterocycles. The lowest BCUT2D eigenvalue weighted by atomic mass is 9.96. The number of aliphatic hydroxyl groups is 1. The Bertz CT molecular complexity index is 471. The molecule has 0 aliphatic carbocycles. The van der Waals surface area contributed by atoms with Gasteiger partial charge in [0.1, 0.15) is 0 Å². The van der Waals surface area contributed by atoms with Crippen molar-refractivity contribution in [2.45, 2.75) is 46.3 Å². The first-order chi connectivity index (χ1) is 10.0. The zero-order valence-corrected chi connectivity index (χ0v) is 13.1.